The molecule has 0 saturated carbocycles. The van der Waals surface area contributed by atoms with Crippen molar-refractivity contribution in [1.82, 2.24) is 5.32 Å². The number of rotatable bonds is 3. The first kappa shape index (κ1) is 14.5. The fraction of sp³-hybridized carbons (Fsp3) is 0.462. The van der Waals surface area contributed by atoms with Crippen LogP contribution >= 0.6 is 27.5 Å². The Bertz CT molecular complexity index is 429. The Labute approximate surface area is 116 Å². The number of hydrogen-bond acceptors (Lipinski definition) is 1. The fourth-order valence-electron chi connectivity index (χ4n) is 1.31. The number of halogens is 2. The van der Waals surface area contributed by atoms with Crippen LogP contribution < -0.4 is 5.32 Å². The van der Waals surface area contributed by atoms with Crippen molar-refractivity contribution in [3.8, 4) is 0 Å². The van der Waals surface area contributed by atoms with Gasteiger partial charge in [0.25, 0.3) is 5.91 Å². The Morgan fingerprint density at radius 1 is 1.47 bits per heavy atom. The number of alkyl halides is 1. The monoisotopic (exact) mass is 317 g/mol. The molecule has 4 heteroatoms. The average Bonchev–Trinajstić information content (AvgIpc) is 2.21. The lowest BCUT2D eigenvalue weighted by molar-refractivity contribution is 0.0912. The lowest BCUT2D eigenvalue weighted by Gasteiger charge is -2.29. The van der Waals surface area contributed by atoms with Crippen LogP contribution in [0.3, 0.4) is 0 Å². The summed E-state index contributed by atoms with van der Waals surface area (Å²) in [6.45, 7) is 7.61. The van der Waals surface area contributed by atoms with E-state index in [0.29, 0.717) is 5.56 Å². The maximum Gasteiger partial charge on any atom is 0.252 e. The van der Waals surface area contributed by atoms with E-state index in [-0.39, 0.29) is 11.3 Å². The van der Waals surface area contributed by atoms with Crippen LogP contribution in [-0.4, -0.2) is 16.8 Å². The van der Waals surface area contributed by atoms with Gasteiger partial charge in [0.1, 0.15) is 0 Å². The normalized spacial score (nSPS) is 13.3. The molecule has 94 valence electrons. The summed E-state index contributed by atoms with van der Waals surface area (Å²) in [5.41, 5.74) is 1.17. The molecule has 0 fully saturated rings. The number of amides is 1. The van der Waals surface area contributed by atoms with Crippen molar-refractivity contribution in [2.45, 2.75) is 38.6 Å². The van der Waals surface area contributed by atoms with Gasteiger partial charge in [-0.15, -0.1) is 11.6 Å². The molecule has 0 spiro atoms. The molecule has 0 aromatic heterocycles. The van der Waals surface area contributed by atoms with Crippen molar-refractivity contribution in [1.29, 1.82) is 0 Å². The third-order valence-corrected chi connectivity index (χ3v) is 4.35. The average molecular weight is 319 g/mol. The minimum atomic E-state index is -0.437. The van der Waals surface area contributed by atoms with Crippen molar-refractivity contribution in [2.75, 3.05) is 0 Å². The molecular formula is C13H17BrClNO. The van der Waals surface area contributed by atoms with Gasteiger partial charge < -0.3 is 5.32 Å². The minimum Gasteiger partial charge on any atom is -0.346 e. The summed E-state index contributed by atoms with van der Waals surface area (Å²) in [5.74, 6) is -0.0960. The summed E-state index contributed by atoms with van der Waals surface area (Å²) in [6, 6.07) is 5.58. The van der Waals surface area contributed by atoms with Crippen LogP contribution in [0.2, 0.25) is 0 Å². The van der Waals surface area contributed by atoms with Crippen molar-refractivity contribution < 1.29 is 4.79 Å². The molecule has 1 atom stereocenters. The summed E-state index contributed by atoms with van der Waals surface area (Å²) in [7, 11) is 0. The van der Waals surface area contributed by atoms with E-state index in [9.17, 15) is 4.79 Å². The van der Waals surface area contributed by atoms with Gasteiger partial charge in [0.05, 0.1) is 10.9 Å². The van der Waals surface area contributed by atoms with Gasteiger partial charge in [-0.05, 0) is 45.4 Å². The topological polar surface area (TPSA) is 29.1 Å². The van der Waals surface area contributed by atoms with E-state index in [2.05, 4.69) is 21.2 Å². The van der Waals surface area contributed by atoms with E-state index in [1.54, 1.807) is 0 Å². The molecular weight excluding hydrogens is 302 g/mol. The highest BCUT2D eigenvalue weighted by Gasteiger charge is 2.27. The van der Waals surface area contributed by atoms with Gasteiger partial charge in [0, 0.05) is 10.0 Å². The number of nitrogens with one attached hydrogen (secondary N) is 1. The van der Waals surface area contributed by atoms with E-state index in [4.69, 9.17) is 11.6 Å². The molecule has 1 aromatic rings. The van der Waals surface area contributed by atoms with Crippen LogP contribution in [0.15, 0.2) is 22.7 Å². The molecule has 2 nitrogen and oxygen atoms in total. The smallest absolute Gasteiger partial charge is 0.252 e. The lowest BCUT2D eigenvalue weighted by Crippen LogP contribution is -2.49. The van der Waals surface area contributed by atoms with E-state index in [1.165, 1.54) is 0 Å². The minimum absolute atomic E-state index is 0.0960. The van der Waals surface area contributed by atoms with Gasteiger partial charge in [0.15, 0.2) is 0 Å². The van der Waals surface area contributed by atoms with Gasteiger partial charge in [-0.25, -0.2) is 0 Å². The van der Waals surface area contributed by atoms with E-state index < -0.39 is 5.54 Å². The van der Waals surface area contributed by atoms with Gasteiger partial charge in [-0.1, -0.05) is 22.0 Å². The summed E-state index contributed by atoms with van der Waals surface area (Å²) in [6.07, 6.45) is 0. The molecule has 0 radical (unpaired) electrons. The van der Waals surface area contributed by atoms with Crippen molar-refractivity contribution in [3.63, 3.8) is 0 Å². The number of hydrogen-bond donors (Lipinski definition) is 1. The van der Waals surface area contributed by atoms with E-state index >= 15 is 0 Å². The van der Waals surface area contributed by atoms with Gasteiger partial charge in [0.2, 0.25) is 0 Å². The van der Waals surface area contributed by atoms with Crippen LogP contribution in [0.1, 0.15) is 36.7 Å². The zero-order valence-electron chi connectivity index (χ0n) is 10.5. The SMILES string of the molecule is Cc1c(Br)cccc1C(=O)NC(C)(C)C(C)Cl. The molecule has 1 rings (SSSR count). The van der Waals surface area contributed by atoms with Gasteiger partial charge in [-0.3, -0.25) is 4.79 Å². The standard InChI is InChI=1S/C13H17BrClNO/c1-8-10(6-5-7-11(8)14)12(17)16-13(3,4)9(2)15/h5-7,9H,1-4H3,(H,16,17). The Kier molecular flexibility index (Phi) is 4.62. The predicted octanol–water partition coefficient (Wildman–Crippen LogP) is 3.89. The maximum absolute atomic E-state index is 12.1. The summed E-state index contributed by atoms with van der Waals surface area (Å²) >= 11 is 9.46. The first-order valence-corrected chi connectivity index (χ1v) is 6.70. The molecule has 1 unspecified atom stereocenters. The number of carbonyl (C=O) groups excluding carboxylic acids is 1. The zero-order chi connectivity index (χ0) is 13.2. The Morgan fingerprint density at radius 2 is 2.06 bits per heavy atom. The lowest BCUT2D eigenvalue weighted by atomic mass is 10.00. The highest BCUT2D eigenvalue weighted by molar-refractivity contribution is 9.10. The quantitative estimate of drug-likeness (QED) is 0.842. The van der Waals surface area contributed by atoms with Gasteiger partial charge >= 0.3 is 0 Å². The molecule has 0 saturated heterocycles. The van der Waals surface area contributed by atoms with Crippen molar-refractivity contribution in [2.24, 2.45) is 0 Å². The highest BCUT2D eigenvalue weighted by Crippen LogP contribution is 2.21. The summed E-state index contributed by atoms with van der Waals surface area (Å²) in [4.78, 5) is 12.1. The zero-order valence-corrected chi connectivity index (χ0v) is 12.8. The second-order valence-corrected chi connectivity index (χ2v) is 6.21. The molecule has 17 heavy (non-hydrogen) atoms. The molecule has 0 heterocycles. The van der Waals surface area contributed by atoms with Crippen molar-refractivity contribution >= 4 is 33.4 Å². The molecule has 1 aromatic carbocycles. The number of carbonyl (C=O) groups is 1. The van der Waals surface area contributed by atoms with Gasteiger partial charge in [-0.2, -0.15) is 0 Å². The Morgan fingerprint density at radius 3 is 2.59 bits per heavy atom. The van der Waals surface area contributed by atoms with Crippen LogP contribution in [-0.2, 0) is 0 Å². The molecule has 0 bridgehead atoms. The number of benzene rings is 1. The summed E-state index contributed by atoms with van der Waals surface area (Å²) in [5, 5.41) is 2.81. The first-order valence-electron chi connectivity index (χ1n) is 5.47. The van der Waals surface area contributed by atoms with Crippen LogP contribution in [0.4, 0.5) is 0 Å². The molecule has 0 aliphatic rings. The molecule has 0 aliphatic heterocycles. The maximum atomic E-state index is 12.1. The second kappa shape index (κ2) is 5.40. The van der Waals surface area contributed by atoms with E-state index in [1.807, 2.05) is 45.9 Å². The van der Waals surface area contributed by atoms with E-state index in [0.717, 1.165) is 10.0 Å². The highest BCUT2D eigenvalue weighted by atomic mass is 79.9. The predicted molar refractivity (Wildman–Crippen MR) is 75.7 cm³/mol. The largest absolute Gasteiger partial charge is 0.346 e. The fourth-order valence-corrected chi connectivity index (χ4v) is 1.73. The Hall–Kier alpha value is -0.540. The summed E-state index contributed by atoms with van der Waals surface area (Å²) < 4.78 is 0.932. The third kappa shape index (κ3) is 3.46. The molecule has 1 amide bonds. The first-order chi connectivity index (χ1) is 7.75. The third-order valence-electron chi connectivity index (χ3n) is 2.94. The Balaban J connectivity index is 2.95. The van der Waals surface area contributed by atoms with Crippen molar-refractivity contribution in [3.05, 3.63) is 33.8 Å². The van der Waals surface area contributed by atoms with Crippen LogP contribution in [0.5, 0.6) is 0 Å². The van der Waals surface area contributed by atoms with Crippen LogP contribution in [0.25, 0.3) is 0 Å². The van der Waals surface area contributed by atoms with Crippen LogP contribution in [0, 0.1) is 6.92 Å². The molecule has 0 aliphatic carbocycles. The molecule has 1 N–H and O–H groups in total. The second-order valence-electron chi connectivity index (χ2n) is 4.70.